The Kier molecular flexibility index (Phi) is 5.73. The van der Waals surface area contributed by atoms with Crippen LogP contribution in [0.15, 0.2) is 64.8 Å². The molecule has 1 aliphatic carbocycles. The molecule has 2 aliphatic heterocycles. The predicted octanol–water partition coefficient (Wildman–Crippen LogP) is 3.24. The molecule has 0 radical (unpaired) electrons. The number of nitrogens with two attached hydrogens (primary N) is 2. The fourth-order valence-electron chi connectivity index (χ4n) is 5.27. The van der Waals surface area contributed by atoms with Crippen molar-refractivity contribution in [3.63, 3.8) is 0 Å². The molecular formula is C27H26N2O6. The number of phenols is 2. The van der Waals surface area contributed by atoms with Crippen molar-refractivity contribution in [3.8, 4) is 23.0 Å². The number of fused-ring (bicyclic) bond motifs is 6. The van der Waals surface area contributed by atoms with E-state index in [4.69, 9.17) is 20.9 Å². The van der Waals surface area contributed by atoms with Gasteiger partial charge in [0, 0.05) is 46.9 Å². The van der Waals surface area contributed by atoms with E-state index in [1.54, 1.807) is 18.2 Å². The summed E-state index contributed by atoms with van der Waals surface area (Å²) >= 11 is 0. The molecule has 0 aromatic heterocycles. The number of hydrogen-bond acceptors (Lipinski definition) is 8. The van der Waals surface area contributed by atoms with E-state index >= 15 is 0 Å². The first kappa shape index (κ1) is 22.9. The number of aromatic hydroxyl groups is 2. The third-order valence-corrected chi connectivity index (χ3v) is 6.83. The van der Waals surface area contributed by atoms with E-state index in [0.29, 0.717) is 52.3 Å². The zero-order chi connectivity index (χ0) is 24.7. The molecule has 2 aromatic rings. The van der Waals surface area contributed by atoms with Gasteiger partial charge in [-0.05, 0) is 49.2 Å². The lowest BCUT2D eigenvalue weighted by Crippen LogP contribution is -2.33. The highest BCUT2D eigenvalue weighted by Crippen LogP contribution is 2.60. The maximum atomic E-state index is 13.5. The minimum absolute atomic E-state index is 0.0217. The molecule has 1 atom stereocenters. The van der Waals surface area contributed by atoms with Crippen LogP contribution in [0.2, 0.25) is 0 Å². The number of allylic oxidation sites excluding steroid dienone is 1. The summed E-state index contributed by atoms with van der Waals surface area (Å²) < 4.78 is 12.1. The van der Waals surface area contributed by atoms with Crippen LogP contribution in [0.5, 0.6) is 23.0 Å². The standard InChI is InChI=1S/C27H26N2O6/c28-11-3-1-2-4-21(29)24-15(14-30)5-8-20-25(24)26(33)35-27(20)18-9-6-16(31)12-22(18)34-23-13-17(32)7-10-19(23)27/h6-10,12-13,21,31-32H,1-5,11,28-29H2. The quantitative estimate of drug-likeness (QED) is 0.284. The van der Waals surface area contributed by atoms with E-state index in [-0.39, 0.29) is 23.5 Å². The lowest BCUT2D eigenvalue weighted by molar-refractivity contribution is -0.143. The van der Waals surface area contributed by atoms with Crippen LogP contribution < -0.4 is 16.2 Å². The van der Waals surface area contributed by atoms with Gasteiger partial charge in [0.25, 0.3) is 0 Å². The van der Waals surface area contributed by atoms with Crippen molar-refractivity contribution in [1.82, 2.24) is 0 Å². The molecule has 1 saturated heterocycles. The van der Waals surface area contributed by atoms with Gasteiger partial charge in [0.05, 0.1) is 5.57 Å². The highest BCUT2D eigenvalue weighted by Gasteiger charge is 2.57. The summed E-state index contributed by atoms with van der Waals surface area (Å²) in [6, 6.07) is 8.60. The summed E-state index contributed by atoms with van der Waals surface area (Å²) in [6.07, 6.45) is 5.19. The van der Waals surface area contributed by atoms with E-state index < -0.39 is 17.6 Å². The van der Waals surface area contributed by atoms with Crippen molar-refractivity contribution in [1.29, 1.82) is 0 Å². The lowest BCUT2D eigenvalue weighted by atomic mass is 9.72. The molecule has 0 amide bonds. The molecule has 35 heavy (non-hydrogen) atoms. The molecule has 5 rings (SSSR count). The second kappa shape index (κ2) is 8.74. The molecule has 1 unspecified atom stereocenters. The average molecular weight is 475 g/mol. The summed E-state index contributed by atoms with van der Waals surface area (Å²) in [5, 5.41) is 20.2. The number of carbonyl (C=O) groups is 1. The molecular weight excluding hydrogens is 448 g/mol. The molecule has 1 spiro atoms. The number of benzene rings is 2. The molecule has 8 heteroatoms. The van der Waals surface area contributed by atoms with Crippen LogP contribution in [0, 0.1) is 0 Å². The van der Waals surface area contributed by atoms with Gasteiger partial charge in [0.2, 0.25) is 0 Å². The summed E-state index contributed by atoms with van der Waals surface area (Å²) in [4.78, 5) is 25.4. The molecule has 2 heterocycles. The van der Waals surface area contributed by atoms with Crippen LogP contribution in [0.4, 0.5) is 0 Å². The van der Waals surface area contributed by atoms with Gasteiger partial charge in [-0.25, -0.2) is 9.59 Å². The highest BCUT2D eigenvalue weighted by molar-refractivity contribution is 6.03. The second-order valence-corrected chi connectivity index (χ2v) is 8.97. The minimum atomic E-state index is -1.38. The topological polar surface area (TPSA) is 145 Å². The second-order valence-electron chi connectivity index (χ2n) is 8.97. The summed E-state index contributed by atoms with van der Waals surface area (Å²) in [6.45, 7) is 0.594. The Morgan fingerprint density at radius 3 is 2.29 bits per heavy atom. The maximum absolute atomic E-state index is 13.5. The zero-order valence-electron chi connectivity index (χ0n) is 19.0. The maximum Gasteiger partial charge on any atom is 0.340 e. The van der Waals surface area contributed by atoms with Crippen LogP contribution in [-0.4, -0.2) is 34.7 Å². The Morgan fingerprint density at radius 2 is 1.69 bits per heavy atom. The van der Waals surface area contributed by atoms with Crippen LogP contribution >= 0.6 is 0 Å². The Morgan fingerprint density at radius 1 is 1.03 bits per heavy atom. The molecule has 2 aromatic carbocycles. The Bertz CT molecular complexity index is 1280. The van der Waals surface area contributed by atoms with Crippen LogP contribution in [0.25, 0.3) is 0 Å². The van der Waals surface area contributed by atoms with Crippen LogP contribution in [-0.2, 0) is 19.9 Å². The van der Waals surface area contributed by atoms with Gasteiger partial charge in [-0.15, -0.1) is 0 Å². The van der Waals surface area contributed by atoms with Gasteiger partial charge in [-0.2, -0.15) is 0 Å². The molecule has 6 N–H and O–H groups in total. The van der Waals surface area contributed by atoms with Gasteiger partial charge < -0.3 is 31.2 Å². The largest absolute Gasteiger partial charge is 0.508 e. The number of rotatable bonds is 6. The molecule has 0 saturated carbocycles. The lowest BCUT2D eigenvalue weighted by Gasteiger charge is -2.37. The van der Waals surface area contributed by atoms with Crippen molar-refractivity contribution in [2.75, 3.05) is 6.54 Å². The Labute approximate surface area is 202 Å². The molecule has 180 valence electrons. The van der Waals surface area contributed by atoms with Gasteiger partial charge in [-0.1, -0.05) is 18.9 Å². The van der Waals surface area contributed by atoms with E-state index in [0.717, 1.165) is 19.3 Å². The summed E-state index contributed by atoms with van der Waals surface area (Å²) in [5.74, 6) is 1.92. The van der Waals surface area contributed by atoms with Gasteiger partial charge in [0.15, 0.2) is 5.60 Å². The third-order valence-electron chi connectivity index (χ3n) is 6.83. The predicted molar refractivity (Wildman–Crippen MR) is 128 cm³/mol. The number of phenolic OH excluding ortho intramolecular Hbond substituents is 2. The summed E-state index contributed by atoms with van der Waals surface area (Å²) in [5.41, 5.74) is 13.4. The van der Waals surface area contributed by atoms with Crippen molar-refractivity contribution in [3.05, 3.63) is 75.9 Å². The fraction of sp³-hybridized carbons (Fsp3) is 0.296. The van der Waals surface area contributed by atoms with Crippen molar-refractivity contribution >= 4 is 11.9 Å². The average Bonchev–Trinajstić information content (AvgIpc) is 3.13. The number of unbranched alkanes of at least 4 members (excludes halogenated alkanes) is 2. The minimum Gasteiger partial charge on any atom is -0.508 e. The van der Waals surface area contributed by atoms with Gasteiger partial charge in [-0.3, -0.25) is 0 Å². The van der Waals surface area contributed by atoms with Gasteiger partial charge >= 0.3 is 5.97 Å². The number of carbonyl (C=O) groups excluding carboxylic acids is 2. The van der Waals surface area contributed by atoms with E-state index in [9.17, 15) is 19.8 Å². The van der Waals surface area contributed by atoms with Gasteiger partial charge in [0.1, 0.15) is 28.9 Å². The number of hydrogen-bond donors (Lipinski definition) is 4. The highest BCUT2D eigenvalue weighted by atomic mass is 16.6. The van der Waals surface area contributed by atoms with Crippen molar-refractivity contribution in [2.24, 2.45) is 11.5 Å². The number of esters is 1. The third kappa shape index (κ3) is 3.54. The Hall–Kier alpha value is -3.84. The monoisotopic (exact) mass is 474 g/mol. The SMILES string of the molecule is NCCCCCC(N)C1=C2C(=O)OC3(C2=CCC1=C=O)c1ccc(O)cc1Oc1cc(O)ccc13. The normalized spacial score (nSPS) is 18.2. The first-order valence-electron chi connectivity index (χ1n) is 11.6. The summed E-state index contributed by atoms with van der Waals surface area (Å²) in [7, 11) is 0. The first-order chi connectivity index (χ1) is 16.9. The van der Waals surface area contributed by atoms with Crippen molar-refractivity contribution in [2.45, 2.75) is 43.7 Å². The number of ether oxygens (including phenoxy) is 2. The van der Waals surface area contributed by atoms with E-state index in [1.165, 1.54) is 24.3 Å². The first-order valence-corrected chi connectivity index (χ1v) is 11.6. The molecule has 0 bridgehead atoms. The fourth-order valence-corrected chi connectivity index (χ4v) is 5.27. The molecule has 1 fully saturated rings. The van der Waals surface area contributed by atoms with Crippen LogP contribution in [0.1, 0.15) is 43.2 Å². The Balaban J connectivity index is 1.70. The smallest absolute Gasteiger partial charge is 0.340 e. The van der Waals surface area contributed by atoms with Crippen LogP contribution in [0.3, 0.4) is 0 Å². The van der Waals surface area contributed by atoms with E-state index in [2.05, 4.69) is 0 Å². The van der Waals surface area contributed by atoms with E-state index in [1.807, 2.05) is 5.94 Å². The molecule has 3 aliphatic rings. The van der Waals surface area contributed by atoms with Crippen molar-refractivity contribution < 1.29 is 29.3 Å². The molecule has 8 nitrogen and oxygen atoms in total. The zero-order valence-corrected chi connectivity index (χ0v) is 19.0.